The van der Waals surface area contributed by atoms with Gasteiger partial charge < -0.3 is 14.2 Å². The van der Waals surface area contributed by atoms with E-state index in [1.165, 1.54) is 17.6 Å². The van der Waals surface area contributed by atoms with Crippen LogP contribution in [0.4, 0.5) is 15.4 Å². The molecule has 0 bridgehead atoms. The molecular weight excluding hydrogens is 594 g/mol. The van der Waals surface area contributed by atoms with Crippen LogP contribution in [0.1, 0.15) is 28.4 Å². The molecule has 1 aliphatic rings. The first-order valence-electron chi connectivity index (χ1n) is 12.5. The molecule has 2 heterocycles. The highest BCUT2D eigenvalue weighted by molar-refractivity contribution is 9.10. The number of halogens is 1. The van der Waals surface area contributed by atoms with E-state index in [0.29, 0.717) is 32.1 Å². The number of carbonyl (C=O) groups is 4. The zero-order valence-corrected chi connectivity index (χ0v) is 23.7. The van der Waals surface area contributed by atoms with Crippen LogP contribution in [0.2, 0.25) is 0 Å². The third-order valence-corrected chi connectivity index (χ3v) is 6.81. The topological polar surface area (TPSA) is 107 Å². The van der Waals surface area contributed by atoms with Gasteiger partial charge in [0.25, 0.3) is 0 Å². The van der Waals surface area contributed by atoms with Gasteiger partial charge in [-0.2, -0.15) is 10.0 Å². The van der Waals surface area contributed by atoms with Gasteiger partial charge in [-0.1, -0.05) is 76.6 Å². The monoisotopic (exact) mass is 617 g/mol. The standard InChI is InChI=1S/C30H24BrN3O7/c1-19(35)32-25-14-13-22(31)15-23(25)24-16-26(28(36)39-2)33(29(37)40-17-20-9-5-3-6-10-20)34(27(24)32)30(38)41-18-21-11-7-4-8-12-21/h3-16H,17-18H2,1-2H3. The SMILES string of the molecule is COC(=O)C1=Cc2c(n(C(C)=O)c3ccc(Br)cc23)N(C(=O)OCc2ccccc2)N1C(=O)OCc1ccccc1. The number of ether oxygens (including phenoxy) is 3. The van der Waals surface area contributed by atoms with E-state index in [-0.39, 0.29) is 24.7 Å². The molecule has 10 nitrogen and oxygen atoms in total. The maximum Gasteiger partial charge on any atom is 0.435 e. The van der Waals surface area contributed by atoms with E-state index in [1.807, 2.05) is 12.1 Å². The van der Waals surface area contributed by atoms with Crippen LogP contribution in [0, 0.1) is 0 Å². The Balaban J connectivity index is 1.67. The summed E-state index contributed by atoms with van der Waals surface area (Å²) in [5.41, 5.74) is 1.85. The Morgan fingerprint density at radius 2 is 1.34 bits per heavy atom. The number of nitrogens with zero attached hydrogens (tertiary/aromatic N) is 3. The molecule has 0 aliphatic carbocycles. The molecule has 1 aliphatic heterocycles. The number of hydrazine groups is 1. The average molecular weight is 618 g/mol. The lowest BCUT2D eigenvalue weighted by Crippen LogP contribution is -2.53. The summed E-state index contributed by atoms with van der Waals surface area (Å²) in [5, 5.41) is 2.12. The summed E-state index contributed by atoms with van der Waals surface area (Å²) in [5.74, 6) is -1.34. The average Bonchev–Trinajstić information content (AvgIpc) is 3.31. The van der Waals surface area contributed by atoms with Crippen LogP contribution in [-0.2, 0) is 32.2 Å². The second kappa shape index (κ2) is 11.7. The van der Waals surface area contributed by atoms with Crippen molar-refractivity contribution in [1.82, 2.24) is 9.58 Å². The van der Waals surface area contributed by atoms with Gasteiger partial charge in [-0.25, -0.2) is 14.4 Å². The number of esters is 1. The van der Waals surface area contributed by atoms with Crippen molar-refractivity contribution in [3.8, 4) is 0 Å². The smallest absolute Gasteiger partial charge is 0.435 e. The number of methoxy groups -OCH3 is 1. The third kappa shape index (κ3) is 5.44. The Morgan fingerprint density at radius 3 is 1.88 bits per heavy atom. The van der Waals surface area contributed by atoms with Gasteiger partial charge in [0.15, 0.2) is 11.5 Å². The molecule has 4 aromatic rings. The summed E-state index contributed by atoms with van der Waals surface area (Å²) in [4.78, 5) is 53.6. The number of benzene rings is 3. The van der Waals surface area contributed by atoms with Crippen molar-refractivity contribution in [2.75, 3.05) is 12.1 Å². The van der Waals surface area contributed by atoms with E-state index in [0.717, 1.165) is 17.1 Å². The molecule has 1 aromatic heterocycles. The van der Waals surface area contributed by atoms with E-state index in [4.69, 9.17) is 14.2 Å². The number of rotatable bonds is 5. The highest BCUT2D eigenvalue weighted by Gasteiger charge is 2.44. The van der Waals surface area contributed by atoms with Crippen LogP contribution in [0.3, 0.4) is 0 Å². The Labute approximate surface area is 243 Å². The fraction of sp³-hybridized carbons (Fsp3) is 0.133. The highest BCUT2D eigenvalue weighted by Crippen LogP contribution is 2.41. The van der Waals surface area contributed by atoms with E-state index < -0.39 is 24.1 Å². The van der Waals surface area contributed by atoms with Gasteiger partial charge in [-0.15, -0.1) is 0 Å². The largest absolute Gasteiger partial charge is 0.464 e. The van der Waals surface area contributed by atoms with Crippen LogP contribution < -0.4 is 5.01 Å². The van der Waals surface area contributed by atoms with Gasteiger partial charge in [-0.05, 0) is 35.4 Å². The predicted octanol–water partition coefficient (Wildman–Crippen LogP) is 6.29. The molecule has 0 unspecified atom stereocenters. The summed E-state index contributed by atoms with van der Waals surface area (Å²) >= 11 is 3.44. The zero-order valence-electron chi connectivity index (χ0n) is 22.1. The van der Waals surface area contributed by atoms with Crippen LogP contribution in [0.5, 0.6) is 0 Å². The predicted molar refractivity (Wildman–Crippen MR) is 154 cm³/mol. The number of hydrogen-bond acceptors (Lipinski definition) is 7. The van der Waals surface area contributed by atoms with Crippen molar-refractivity contribution in [1.29, 1.82) is 0 Å². The van der Waals surface area contributed by atoms with Gasteiger partial charge in [0.2, 0.25) is 5.91 Å². The number of carbonyl (C=O) groups excluding carboxylic acids is 4. The van der Waals surface area contributed by atoms with E-state index >= 15 is 0 Å². The van der Waals surface area contributed by atoms with Gasteiger partial charge in [0.05, 0.1) is 12.6 Å². The maximum atomic E-state index is 13.8. The lowest BCUT2D eigenvalue weighted by Gasteiger charge is -2.36. The van der Waals surface area contributed by atoms with Crippen LogP contribution in [-0.4, -0.2) is 40.7 Å². The summed E-state index contributed by atoms with van der Waals surface area (Å²) in [6, 6.07) is 23.0. The van der Waals surface area contributed by atoms with Crippen LogP contribution in [0.15, 0.2) is 89.0 Å². The Kier molecular flexibility index (Phi) is 7.88. The number of amides is 2. The first kappa shape index (κ1) is 27.7. The van der Waals surface area contributed by atoms with E-state index in [9.17, 15) is 19.2 Å². The first-order valence-corrected chi connectivity index (χ1v) is 13.3. The lowest BCUT2D eigenvalue weighted by molar-refractivity contribution is -0.137. The van der Waals surface area contributed by atoms with Gasteiger partial charge >= 0.3 is 18.2 Å². The van der Waals surface area contributed by atoms with Crippen LogP contribution in [0.25, 0.3) is 17.0 Å². The van der Waals surface area contributed by atoms with E-state index in [1.54, 1.807) is 66.7 Å². The molecule has 11 heteroatoms. The normalized spacial score (nSPS) is 12.4. The van der Waals surface area contributed by atoms with Crippen molar-refractivity contribution in [3.63, 3.8) is 0 Å². The Bertz CT molecular complexity index is 1680. The van der Waals surface area contributed by atoms with Crippen molar-refractivity contribution < 1.29 is 33.4 Å². The molecule has 0 fully saturated rings. The molecule has 0 spiro atoms. The summed E-state index contributed by atoms with van der Waals surface area (Å²) in [6.45, 7) is 1.04. The fourth-order valence-electron chi connectivity index (χ4n) is 4.50. The van der Waals surface area contributed by atoms with E-state index in [2.05, 4.69) is 15.9 Å². The lowest BCUT2D eigenvalue weighted by atomic mass is 10.1. The maximum absolute atomic E-state index is 13.8. The minimum absolute atomic E-state index is 0.00739. The minimum atomic E-state index is -1.06. The molecule has 2 amide bonds. The summed E-state index contributed by atoms with van der Waals surface area (Å²) < 4.78 is 18.1. The molecule has 0 N–H and O–H groups in total. The molecule has 0 saturated heterocycles. The van der Waals surface area contributed by atoms with Gasteiger partial charge in [-0.3, -0.25) is 9.36 Å². The fourth-order valence-corrected chi connectivity index (χ4v) is 4.86. The first-order chi connectivity index (χ1) is 19.8. The summed E-state index contributed by atoms with van der Waals surface area (Å²) in [6.07, 6.45) is -0.694. The minimum Gasteiger partial charge on any atom is -0.464 e. The third-order valence-electron chi connectivity index (χ3n) is 6.32. The molecule has 3 aromatic carbocycles. The number of anilines is 1. The molecular formula is C30H24BrN3O7. The van der Waals surface area contributed by atoms with Crippen molar-refractivity contribution >= 4 is 62.8 Å². The van der Waals surface area contributed by atoms with Gasteiger partial charge in [0, 0.05) is 22.3 Å². The highest BCUT2D eigenvalue weighted by atomic mass is 79.9. The molecule has 0 radical (unpaired) electrons. The second-order valence-electron chi connectivity index (χ2n) is 8.98. The zero-order chi connectivity index (χ0) is 29.1. The summed E-state index contributed by atoms with van der Waals surface area (Å²) in [7, 11) is 1.15. The van der Waals surface area contributed by atoms with Crippen molar-refractivity contribution in [3.05, 3.63) is 106 Å². The molecule has 0 saturated carbocycles. The molecule has 41 heavy (non-hydrogen) atoms. The quantitative estimate of drug-likeness (QED) is 0.191. The van der Waals surface area contributed by atoms with Crippen molar-refractivity contribution in [2.24, 2.45) is 0 Å². The molecule has 0 atom stereocenters. The Hall–Kier alpha value is -4.90. The van der Waals surface area contributed by atoms with Gasteiger partial charge in [0.1, 0.15) is 13.2 Å². The molecule has 5 rings (SSSR count). The Morgan fingerprint density at radius 1 is 0.780 bits per heavy atom. The van der Waals surface area contributed by atoms with Crippen LogP contribution >= 0.6 is 15.9 Å². The molecule has 208 valence electrons. The number of aromatic nitrogens is 1. The number of fused-ring (bicyclic) bond motifs is 3. The van der Waals surface area contributed by atoms with Crippen molar-refractivity contribution in [2.45, 2.75) is 20.1 Å². The number of hydrogen-bond donors (Lipinski definition) is 0. The second-order valence-corrected chi connectivity index (χ2v) is 9.89.